The maximum atomic E-state index is 13.8. The van der Waals surface area contributed by atoms with Gasteiger partial charge in [-0.25, -0.2) is 9.78 Å². The van der Waals surface area contributed by atoms with Gasteiger partial charge in [0, 0.05) is 29.9 Å². The molecule has 2 heterocycles. The number of nitrogens with zero attached hydrogens (tertiary/aromatic N) is 2. The van der Waals surface area contributed by atoms with Crippen LogP contribution in [0, 0.1) is 12.8 Å². The van der Waals surface area contributed by atoms with Crippen molar-refractivity contribution in [3.63, 3.8) is 0 Å². The Labute approximate surface area is 297 Å². The Kier molecular flexibility index (Phi) is 11.9. The van der Waals surface area contributed by atoms with Crippen molar-refractivity contribution in [1.29, 1.82) is 0 Å². The van der Waals surface area contributed by atoms with Crippen LogP contribution in [0.5, 0.6) is 5.75 Å². The third kappa shape index (κ3) is 8.76. The second-order valence-electron chi connectivity index (χ2n) is 14.3. The summed E-state index contributed by atoms with van der Waals surface area (Å²) in [7, 11) is 0. The average Bonchev–Trinajstić information content (AvgIpc) is 3.44. The van der Waals surface area contributed by atoms with E-state index in [0.29, 0.717) is 18.7 Å². The van der Waals surface area contributed by atoms with E-state index in [9.17, 15) is 14.7 Å². The van der Waals surface area contributed by atoms with E-state index in [4.69, 9.17) is 4.98 Å². The third-order valence-corrected chi connectivity index (χ3v) is 10.3. The highest BCUT2D eigenvalue weighted by atomic mass is 16.3. The number of hydrogen-bond acceptors (Lipinski definition) is 5. The van der Waals surface area contributed by atoms with Gasteiger partial charge < -0.3 is 5.11 Å². The Morgan fingerprint density at radius 1 is 0.740 bits per heavy atom. The Morgan fingerprint density at radius 3 is 1.98 bits per heavy atom. The standard InChI is InChI=1S/C44H51N3O3/c1-3-4-5-6-7-8-9-10-11-12-13-14-36-29-38(42(36)49)34-23-17-32(18-24-34)28-40-44(50)47-30-41(35-21-15-31(2)16-22-35)45-39(43(47)46-40)27-33-19-25-37(48)26-20-33/h15-26,29-30,36,40,48H,3-14,27-28H2,1-2H3/p+1. The predicted molar refractivity (Wildman–Crippen MR) is 201 cm³/mol. The van der Waals surface area contributed by atoms with Gasteiger partial charge in [-0.1, -0.05) is 150 Å². The number of ketones is 1. The lowest BCUT2D eigenvalue weighted by atomic mass is 9.78. The summed E-state index contributed by atoms with van der Waals surface area (Å²) in [5.41, 5.74) is 7.44. The van der Waals surface area contributed by atoms with Crippen LogP contribution in [0.25, 0.3) is 16.8 Å². The molecule has 0 saturated heterocycles. The van der Waals surface area contributed by atoms with Crippen LogP contribution in [-0.2, 0) is 17.6 Å². The molecule has 2 unspecified atom stereocenters. The number of phenolic OH excluding ortho intramolecular Hbond substituents is 1. The fourth-order valence-electron chi connectivity index (χ4n) is 7.21. The number of aromatic hydroxyl groups is 1. The molecule has 6 nitrogen and oxygen atoms in total. The van der Waals surface area contributed by atoms with Gasteiger partial charge in [0.1, 0.15) is 23.3 Å². The summed E-state index contributed by atoms with van der Waals surface area (Å²) in [6.45, 7) is 4.32. The monoisotopic (exact) mass is 670 g/mol. The van der Waals surface area contributed by atoms with Crippen molar-refractivity contribution >= 4 is 23.1 Å². The van der Waals surface area contributed by atoms with Crippen LogP contribution in [0.1, 0.15) is 117 Å². The SMILES string of the molecule is CCCCCCCCCCCCCC1C=C(c2ccc(CC3Nc4c(Cc5ccc(O)cc5)nc(-c5ccc(C)cc5)c[n+]4C3=O)cc2)C1=O. The van der Waals surface area contributed by atoms with Crippen LogP contribution in [0.4, 0.5) is 5.82 Å². The van der Waals surface area contributed by atoms with Crippen molar-refractivity contribution in [2.45, 2.75) is 110 Å². The molecule has 0 bridgehead atoms. The fourth-order valence-corrected chi connectivity index (χ4v) is 7.21. The zero-order valence-electron chi connectivity index (χ0n) is 29.8. The van der Waals surface area contributed by atoms with Gasteiger partial charge >= 0.3 is 11.7 Å². The molecule has 0 spiro atoms. The number of phenols is 1. The summed E-state index contributed by atoms with van der Waals surface area (Å²) in [5, 5.41) is 13.3. The highest BCUT2D eigenvalue weighted by Crippen LogP contribution is 2.34. The number of carbonyl (C=O) groups is 2. The Bertz CT molecular complexity index is 1790. The molecule has 2 aliphatic rings. The van der Waals surface area contributed by atoms with Gasteiger partial charge in [0.25, 0.3) is 0 Å². The molecule has 6 heteroatoms. The number of fused-ring (bicyclic) bond motifs is 1. The summed E-state index contributed by atoms with van der Waals surface area (Å²) >= 11 is 0. The van der Waals surface area contributed by atoms with E-state index >= 15 is 0 Å². The summed E-state index contributed by atoms with van der Waals surface area (Å²) in [5.74, 6) is 1.23. The molecular weight excluding hydrogens is 619 g/mol. The summed E-state index contributed by atoms with van der Waals surface area (Å²) in [6.07, 6.45) is 20.5. The molecule has 2 N–H and O–H groups in total. The second kappa shape index (κ2) is 16.9. The Hall–Kier alpha value is -4.58. The molecule has 4 aromatic rings. The maximum absolute atomic E-state index is 13.8. The summed E-state index contributed by atoms with van der Waals surface area (Å²) in [4.78, 5) is 31.8. The molecular formula is C44H52N3O3+. The first kappa shape index (κ1) is 35.3. The third-order valence-electron chi connectivity index (χ3n) is 10.3. The van der Waals surface area contributed by atoms with Crippen molar-refractivity contribution in [1.82, 2.24) is 4.98 Å². The van der Waals surface area contributed by atoms with Crippen LogP contribution in [0.15, 0.2) is 85.1 Å². The number of carbonyl (C=O) groups excluding carboxylic acids is 2. The summed E-state index contributed by atoms with van der Waals surface area (Å²) in [6, 6.07) is 22.9. The minimum atomic E-state index is -0.436. The van der Waals surface area contributed by atoms with Crippen LogP contribution < -0.4 is 9.88 Å². The van der Waals surface area contributed by atoms with E-state index in [1.165, 1.54) is 64.2 Å². The Balaban J connectivity index is 1.04. The second-order valence-corrected chi connectivity index (χ2v) is 14.3. The van der Waals surface area contributed by atoms with E-state index in [0.717, 1.165) is 57.6 Å². The lowest BCUT2D eigenvalue weighted by Crippen LogP contribution is -2.44. The number of aromatic nitrogens is 2. The predicted octanol–water partition coefficient (Wildman–Crippen LogP) is 9.60. The molecule has 1 aliphatic heterocycles. The number of unbranched alkanes of at least 4 members (excludes halogenated alkanes) is 10. The normalized spacial score (nSPS) is 16.6. The van der Waals surface area contributed by atoms with Gasteiger partial charge in [-0.3, -0.25) is 10.1 Å². The van der Waals surface area contributed by atoms with Crippen LogP contribution in [-0.4, -0.2) is 27.8 Å². The van der Waals surface area contributed by atoms with Gasteiger partial charge in [0.2, 0.25) is 0 Å². The van der Waals surface area contributed by atoms with E-state index in [1.807, 2.05) is 73.8 Å². The summed E-state index contributed by atoms with van der Waals surface area (Å²) < 4.78 is 1.71. The number of hydrogen-bond donors (Lipinski definition) is 2. The van der Waals surface area contributed by atoms with Crippen LogP contribution in [0.2, 0.25) is 0 Å². The molecule has 1 aliphatic carbocycles. The smallest absolute Gasteiger partial charge is 0.359 e. The quantitative estimate of drug-likeness (QED) is 0.0814. The van der Waals surface area contributed by atoms with Crippen molar-refractivity contribution in [3.8, 4) is 17.0 Å². The highest BCUT2D eigenvalue weighted by molar-refractivity contribution is 6.28. The number of anilines is 1. The Morgan fingerprint density at radius 2 is 1.34 bits per heavy atom. The van der Waals surface area contributed by atoms with Crippen molar-refractivity contribution in [3.05, 3.63) is 113 Å². The number of nitrogens with one attached hydrogen (secondary N) is 1. The van der Waals surface area contributed by atoms with Crippen molar-refractivity contribution in [2.24, 2.45) is 5.92 Å². The zero-order chi connectivity index (χ0) is 34.9. The van der Waals surface area contributed by atoms with Crippen LogP contribution >= 0.6 is 0 Å². The molecule has 0 fully saturated rings. The van der Waals surface area contributed by atoms with E-state index in [2.05, 4.69) is 18.3 Å². The lowest BCUT2D eigenvalue weighted by Gasteiger charge is -2.24. The van der Waals surface area contributed by atoms with E-state index in [1.54, 1.807) is 16.7 Å². The first-order chi connectivity index (χ1) is 24.4. The van der Waals surface area contributed by atoms with E-state index in [-0.39, 0.29) is 23.4 Å². The minimum absolute atomic E-state index is 0.0195. The van der Waals surface area contributed by atoms with Gasteiger partial charge in [-0.15, -0.1) is 0 Å². The number of Topliss-reactive ketones (excluding diaryl/α,β-unsaturated/α-hetero) is 1. The number of aryl methyl sites for hydroxylation is 1. The van der Waals surface area contributed by atoms with Crippen molar-refractivity contribution < 1.29 is 19.3 Å². The lowest BCUT2D eigenvalue weighted by molar-refractivity contribution is -0.552. The van der Waals surface area contributed by atoms with E-state index < -0.39 is 6.04 Å². The first-order valence-electron chi connectivity index (χ1n) is 18.9. The highest BCUT2D eigenvalue weighted by Gasteiger charge is 2.41. The van der Waals surface area contributed by atoms with Gasteiger partial charge in [0.05, 0.1) is 0 Å². The molecule has 0 saturated carbocycles. The molecule has 0 radical (unpaired) electrons. The van der Waals surface area contributed by atoms with Crippen LogP contribution in [0.3, 0.4) is 0 Å². The number of rotatable bonds is 18. The molecule has 50 heavy (non-hydrogen) atoms. The van der Waals surface area contributed by atoms with Gasteiger partial charge in [-0.05, 0) is 42.2 Å². The molecule has 0 amide bonds. The molecule has 3 aromatic carbocycles. The van der Waals surface area contributed by atoms with Gasteiger partial charge in [-0.2, -0.15) is 4.57 Å². The largest absolute Gasteiger partial charge is 0.508 e. The molecule has 6 rings (SSSR count). The fraction of sp³-hybridized carbons (Fsp3) is 0.409. The molecule has 1 aromatic heterocycles. The number of allylic oxidation sites excluding steroid dienone is 2. The first-order valence-corrected chi connectivity index (χ1v) is 18.9. The molecule has 2 atom stereocenters. The van der Waals surface area contributed by atoms with Crippen molar-refractivity contribution in [2.75, 3.05) is 5.32 Å². The minimum Gasteiger partial charge on any atom is -0.508 e. The average molecular weight is 671 g/mol. The molecule has 260 valence electrons. The number of benzene rings is 3. The van der Waals surface area contributed by atoms with Gasteiger partial charge in [0.15, 0.2) is 11.8 Å². The topological polar surface area (TPSA) is 83.2 Å². The maximum Gasteiger partial charge on any atom is 0.359 e. The zero-order valence-corrected chi connectivity index (χ0v) is 29.8.